The van der Waals surface area contributed by atoms with Crippen LogP contribution < -0.4 is 34.7 Å². The monoisotopic (exact) mass is 234 g/mol. The summed E-state index contributed by atoms with van der Waals surface area (Å²) in [5, 5.41) is 11.1. The van der Waals surface area contributed by atoms with E-state index in [1.165, 1.54) is 0 Å². The number of carboxylic acids is 1. The molecule has 3 nitrogen and oxygen atoms in total. The van der Waals surface area contributed by atoms with E-state index < -0.39 is 5.97 Å². The summed E-state index contributed by atoms with van der Waals surface area (Å²) in [5.74, 6) is -0.00111. The van der Waals surface area contributed by atoms with Crippen LogP contribution in [0.5, 0.6) is 0 Å². The topological polar surface area (TPSA) is 49.4 Å². The Kier molecular flexibility index (Phi) is 5.30. The van der Waals surface area contributed by atoms with Crippen LogP contribution in [0.1, 0.15) is 33.1 Å². The number of fused-ring (bicyclic) bond motifs is 2. The maximum atomic E-state index is 11.1. The summed E-state index contributed by atoms with van der Waals surface area (Å²) in [7, 11) is 0. The van der Waals surface area contributed by atoms with Crippen molar-refractivity contribution in [2.45, 2.75) is 39.2 Å². The third kappa shape index (κ3) is 2.81. The summed E-state index contributed by atoms with van der Waals surface area (Å²) < 4.78 is 5.75. The molecule has 0 saturated heterocycles. The van der Waals surface area contributed by atoms with Gasteiger partial charge in [-0.15, -0.1) is 0 Å². The molecule has 0 N–H and O–H groups in total. The smallest absolute Gasteiger partial charge is 0.550 e. The number of carbonyl (C=O) groups is 1. The van der Waals surface area contributed by atoms with Gasteiger partial charge in [0.05, 0.1) is 6.10 Å². The summed E-state index contributed by atoms with van der Waals surface area (Å²) in [4.78, 5) is 11.1. The largest absolute Gasteiger partial charge is 1.00 e. The van der Waals surface area contributed by atoms with Gasteiger partial charge >= 0.3 is 29.6 Å². The standard InChI is InChI=1S/C12H20O3.Na/c1-7(2)6-15-11-9-4-3-8(5-9)10(11)12(13)14;/h7-11H,3-6H2,1-2H3,(H,13,14);/q;+1/p-1. The van der Waals surface area contributed by atoms with Gasteiger partial charge in [-0.3, -0.25) is 0 Å². The first-order chi connectivity index (χ1) is 7.09. The molecular weight excluding hydrogens is 215 g/mol. The molecule has 2 aliphatic rings. The Balaban J connectivity index is 0.00000128. The van der Waals surface area contributed by atoms with Gasteiger partial charge in [0.2, 0.25) is 0 Å². The summed E-state index contributed by atoms with van der Waals surface area (Å²) >= 11 is 0. The van der Waals surface area contributed by atoms with E-state index in [9.17, 15) is 9.90 Å². The number of rotatable bonds is 4. The van der Waals surface area contributed by atoms with Gasteiger partial charge in [-0.05, 0) is 37.0 Å². The Labute approximate surface area is 119 Å². The van der Waals surface area contributed by atoms with Crippen molar-refractivity contribution in [3.8, 4) is 0 Å². The fraction of sp³-hybridized carbons (Fsp3) is 0.917. The first kappa shape index (κ1) is 14.5. The van der Waals surface area contributed by atoms with Crippen molar-refractivity contribution in [2.24, 2.45) is 23.7 Å². The van der Waals surface area contributed by atoms with E-state index in [-0.39, 0.29) is 41.6 Å². The number of aliphatic carboxylic acids is 1. The molecule has 2 bridgehead atoms. The van der Waals surface area contributed by atoms with Gasteiger partial charge in [-0.2, -0.15) is 0 Å². The van der Waals surface area contributed by atoms with Gasteiger partial charge in [0.15, 0.2) is 0 Å². The normalized spacial score (nSPS) is 36.4. The number of carboxylic acid groups (broad SMARTS) is 1. The first-order valence-electron chi connectivity index (χ1n) is 5.92. The minimum Gasteiger partial charge on any atom is -0.550 e. The third-order valence-electron chi connectivity index (χ3n) is 3.73. The Morgan fingerprint density at radius 2 is 2.00 bits per heavy atom. The fourth-order valence-corrected chi connectivity index (χ4v) is 3.11. The second-order valence-electron chi connectivity index (χ2n) is 5.37. The minimum atomic E-state index is -0.907. The van der Waals surface area contributed by atoms with Gasteiger partial charge in [-0.1, -0.05) is 13.8 Å². The van der Waals surface area contributed by atoms with Gasteiger partial charge in [0.25, 0.3) is 0 Å². The SMILES string of the molecule is CC(C)COC1C2CCC(C2)C1C(=O)[O-].[Na+]. The maximum Gasteiger partial charge on any atom is 1.00 e. The molecule has 0 aromatic heterocycles. The van der Waals surface area contributed by atoms with E-state index in [1.54, 1.807) is 0 Å². The van der Waals surface area contributed by atoms with Crippen molar-refractivity contribution in [2.75, 3.05) is 6.61 Å². The predicted molar refractivity (Wildman–Crippen MR) is 53.9 cm³/mol. The van der Waals surface area contributed by atoms with E-state index in [0.29, 0.717) is 24.4 Å². The molecule has 2 saturated carbocycles. The minimum absolute atomic E-state index is 0. The van der Waals surface area contributed by atoms with Gasteiger partial charge < -0.3 is 14.6 Å². The van der Waals surface area contributed by atoms with Gasteiger partial charge in [0, 0.05) is 18.5 Å². The summed E-state index contributed by atoms with van der Waals surface area (Å²) in [6, 6.07) is 0. The molecule has 4 atom stereocenters. The average molecular weight is 234 g/mol. The van der Waals surface area contributed by atoms with E-state index in [0.717, 1.165) is 19.3 Å². The number of carbonyl (C=O) groups excluding carboxylic acids is 1. The van der Waals surface area contributed by atoms with Crippen LogP contribution in [-0.2, 0) is 9.53 Å². The molecule has 0 radical (unpaired) electrons. The van der Waals surface area contributed by atoms with Crippen molar-refractivity contribution in [1.82, 2.24) is 0 Å². The van der Waals surface area contributed by atoms with Crippen LogP contribution in [-0.4, -0.2) is 18.7 Å². The van der Waals surface area contributed by atoms with E-state index in [2.05, 4.69) is 13.8 Å². The molecule has 0 aromatic carbocycles. The Morgan fingerprint density at radius 3 is 2.56 bits per heavy atom. The number of ether oxygens (including phenoxy) is 1. The number of hydrogen-bond donors (Lipinski definition) is 0. The molecule has 0 aliphatic heterocycles. The first-order valence-corrected chi connectivity index (χ1v) is 5.92. The zero-order valence-corrected chi connectivity index (χ0v) is 12.4. The molecule has 0 amide bonds. The van der Waals surface area contributed by atoms with Crippen LogP contribution >= 0.6 is 0 Å². The Hall–Kier alpha value is 0.430. The molecule has 4 unspecified atom stereocenters. The van der Waals surface area contributed by atoms with Crippen molar-refractivity contribution >= 4 is 5.97 Å². The molecule has 0 aromatic rings. The van der Waals surface area contributed by atoms with Crippen LogP contribution in [0.3, 0.4) is 0 Å². The van der Waals surface area contributed by atoms with Crippen molar-refractivity contribution < 1.29 is 44.2 Å². The quantitative estimate of drug-likeness (QED) is 0.520. The fourth-order valence-electron chi connectivity index (χ4n) is 3.11. The summed E-state index contributed by atoms with van der Waals surface area (Å²) in [6.07, 6.45) is 3.14. The average Bonchev–Trinajstić information content (AvgIpc) is 2.72. The zero-order valence-electron chi connectivity index (χ0n) is 10.4. The van der Waals surface area contributed by atoms with Gasteiger partial charge in [-0.25, -0.2) is 0 Å². The van der Waals surface area contributed by atoms with Crippen LogP contribution in [0.2, 0.25) is 0 Å². The van der Waals surface area contributed by atoms with Crippen LogP contribution in [0, 0.1) is 23.7 Å². The van der Waals surface area contributed by atoms with Crippen molar-refractivity contribution in [1.29, 1.82) is 0 Å². The van der Waals surface area contributed by atoms with Crippen LogP contribution in [0.25, 0.3) is 0 Å². The van der Waals surface area contributed by atoms with Crippen molar-refractivity contribution in [3.05, 3.63) is 0 Å². The molecule has 0 heterocycles. The molecule has 2 aliphatic carbocycles. The maximum absolute atomic E-state index is 11.1. The number of hydrogen-bond acceptors (Lipinski definition) is 3. The van der Waals surface area contributed by atoms with Crippen LogP contribution in [0.4, 0.5) is 0 Å². The van der Waals surface area contributed by atoms with E-state index in [1.807, 2.05) is 0 Å². The third-order valence-corrected chi connectivity index (χ3v) is 3.73. The van der Waals surface area contributed by atoms with Gasteiger partial charge in [0.1, 0.15) is 0 Å². The predicted octanol–water partition coefficient (Wildman–Crippen LogP) is -2.17. The van der Waals surface area contributed by atoms with Crippen molar-refractivity contribution in [3.63, 3.8) is 0 Å². The molecule has 2 rings (SSSR count). The summed E-state index contributed by atoms with van der Waals surface area (Å²) in [6.45, 7) is 4.83. The molecule has 16 heavy (non-hydrogen) atoms. The van der Waals surface area contributed by atoms with Crippen LogP contribution in [0.15, 0.2) is 0 Å². The molecular formula is C12H19NaO3. The Morgan fingerprint density at radius 1 is 1.38 bits per heavy atom. The molecule has 4 heteroatoms. The zero-order chi connectivity index (χ0) is 11.0. The summed E-state index contributed by atoms with van der Waals surface area (Å²) in [5.41, 5.74) is 0. The van der Waals surface area contributed by atoms with E-state index in [4.69, 9.17) is 4.74 Å². The second kappa shape index (κ2) is 5.85. The molecule has 2 fully saturated rings. The molecule has 86 valence electrons. The molecule has 0 spiro atoms. The van der Waals surface area contributed by atoms with E-state index >= 15 is 0 Å². The Bertz CT molecular complexity index is 255. The second-order valence-corrected chi connectivity index (χ2v) is 5.37.